The summed E-state index contributed by atoms with van der Waals surface area (Å²) >= 11 is 0. The largest absolute Gasteiger partial charge is 0.302 e. The first kappa shape index (κ1) is 11.4. The van der Waals surface area contributed by atoms with Crippen LogP contribution < -0.4 is 0 Å². The van der Waals surface area contributed by atoms with Gasteiger partial charge in [0, 0.05) is 6.54 Å². The maximum atomic E-state index is 10.7. The number of rotatable bonds is 3. The normalized spacial score (nSPS) is 31.9. The van der Waals surface area contributed by atoms with Gasteiger partial charge in [0.05, 0.1) is 6.04 Å². The van der Waals surface area contributed by atoms with Gasteiger partial charge in [0.2, 0.25) is 0 Å². The summed E-state index contributed by atoms with van der Waals surface area (Å²) in [7, 11) is 0. The van der Waals surface area contributed by atoms with E-state index < -0.39 is 0 Å². The van der Waals surface area contributed by atoms with Gasteiger partial charge in [-0.3, -0.25) is 4.90 Å². The lowest BCUT2D eigenvalue weighted by Gasteiger charge is -2.25. The number of hydrogen-bond donors (Lipinski definition) is 0. The van der Waals surface area contributed by atoms with E-state index in [1.165, 1.54) is 12.8 Å². The van der Waals surface area contributed by atoms with Crippen molar-refractivity contribution in [1.82, 2.24) is 4.90 Å². The topological polar surface area (TPSA) is 20.3 Å². The van der Waals surface area contributed by atoms with Crippen molar-refractivity contribution in [2.45, 2.75) is 32.7 Å². The second-order valence-corrected chi connectivity index (χ2v) is 4.50. The van der Waals surface area contributed by atoms with Gasteiger partial charge < -0.3 is 4.79 Å². The Balaban J connectivity index is 2.60. The molecule has 0 bridgehead atoms. The van der Waals surface area contributed by atoms with Crippen LogP contribution in [0.3, 0.4) is 0 Å². The number of hydrogen-bond acceptors (Lipinski definition) is 2. The lowest BCUT2D eigenvalue weighted by molar-refractivity contribution is -0.112. The number of likely N-dealkylation sites (tertiary alicyclic amines) is 1. The Labute approximate surface area is 87.0 Å². The molecule has 1 aliphatic heterocycles. The molecule has 1 rings (SSSR count). The van der Waals surface area contributed by atoms with E-state index in [1.54, 1.807) is 0 Å². The zero-order chi connectivity index (χ0) is 10.6. The summed E-state index contributed by atoms with van der Waals surface area (Å²) in [5.74, 6) is 1.30. The summed E-state index contributed by atoms with van der Waals surface area (Å²) in [6.07, 6.45) is 5.48. The summed E-state index contributed by atoms with van der Waals surface area (Å²) in [5, 5.41) is 0. The molecule has 0 spiro atoms. The van der Waals surface area contributed by atoms with Crippen molar-refractivity contribution in [2.24, 2.45) is 11.8 Å². The molecule has 3 atom stereocenters. The molecule has 0 aromatic heterocycles. The van der Waals surface area contributed by atoms with Crippen molar-refractivity contribution < 1.29 is 4.79 Å². The minimum absolute atomic E-state index is 0.0581. The molecule has 0 amide bonds. The van der Waals surface area contributed by atoms with Crippen molar-refractivity contribution in [3.8, 4) is 0 Å². The third-order valence-electron chi connectivity index (χ3n) is 3.19. The number of carbonyl (C=O) groups is 1. The van der Waals surface area contributed by atoms with Crippen LogP contribution in [0.4, 0.5) is 0 Å². The van der Waals surface area contributed by atoms with Gasteiger partial charge in [0.1, 0.15) is 6.29 Å². The predicted molar refractivity (Wildman–Crippen MR) is 59.2 cm³/mol. The molecule has 1 fully saturated rings. The number of carbonyl (C=O) groups excluding carboxylic acids is 1. The van der Waals surface area contributed by atoms with E-state index in [9.17, 15) is 4.79 Å². The molecule has 0 aromatic rings. The molecule has 0 N–H and O–H groups in total. The average molecular weight is 195 g/mol. The highest BCUT2D eigenvalue weighted by molar-refractivity contribution is 5.56. The Morgan fingerprint density at radius 2 is 2.29 bits per heavy atom. The third-order valence-corrected chi connectivity index (χ3v) is 3.19. The van der Waals surface area contributed by atoms with E-state index in [0.717, 1.165) is 25.3 Å². The SMILES string of the molecule is C=C[C@H]1C[C@H](C)CCN([C@H](C)C=O)C1. The molecule has 0 radical (unpaired) electrons. The fourth-order valence-corrected chi connectivity index (χ4v) is 2.11. The summed E-state index contributed by atoms with van der Waals surface area (Å²) < 4.78 is 0. The summed E-state index contributed by atoms with van der Waals surface area (Å²) in [6.45, 7) is 10.2. The van der Waals surface area contributed by atoms with Crippen LogP contribution in [0.5, 0.6) is 0 Å². The van der Waals surface area contributed by atoms with Crippen LogP contribution in [0.1, 0.15) is 26.7 Å². The highest BCUT2D eigenvalue weighted by Crippen LogP contribution is 2.23. The Bertz CT molecular complexity index is 202. The Morgan fingerprint density at radius 1 is 1.57 bits per heavy atom. The highest BCUT2D eigenvalue weighted by Gasteiger charge is 2.22. The molecule has 80 valence electrons. The minimum atomic E-state index is 0.0581. The van der Waals surface area contributed by atoms with Crippen molar-refractivity contribution >= 4 is 6.29 Å². The molecule has 1 aliphatic rings. The quantitative estimate of drug-likeness (QED) is 0.508. The fraction of sp³-hybridized carbons (Fsp3) is 0.750. The van der Waals surface area contributed by atoms with Crippen LogP contribution in [0.15, 0.2) is 12.7 Å². The second kappa shape index (κ2) is 5.30. The number of aldehydes is 1. The van der Waals surface area contributed by atoms with E-state index in [1.807, 2.05) is 13.0 Å². The van der Waals surface area contributed by atoms with Crippen LogP contribution in [-0.4, -0.2) is 30.3 Å². The monoisotopic (exact) mass is 195 g/mol. The Hall–Kier alpha value is -0.630. The van der Waals surface area contributed by atoms with Crippen molar-refractivity contribution in [1.29, 1.82) is 0 Å². The van der Waals surface area contributed by atoms with Gasteiger partial charge in [0.25, 0.3) is 0 Å². The maximum absolute atomic E-state index is 10.7. The average Bonchev–Trinajstić information content (AvgIpc) is 2.38. The smallest absolute Gasteiger partial charge is 0.136 e. The van der Waals surface area contributed by atoms with Gasteiger partial charge in [-0.05, 0) is 38.1 Å². The van der Waals surface area contributed by atoms with Crippen LogP contribution in [0.25, 0.3) is 0 Å². The number of nitrogens with zero attached hydrogens (tertiary/aromatic N) is 1. The molecular weight excluding hydrogens is 174 g/mol. The maximum Gasteiger partial charge on any atom is 0.136 e. The van der Waals surface area contributed by atoms with Crippen LogP contribution in [0.2, 0.25) is 0 Å². The highest BCUT2D eigenvalue weighted by atomic mass is 16.1. The molecule has 0 unspecified atom stereocenters. The van der Waals surface area contributed by atoms with Crippen molar-refractivity contribution in [2.75, 3.05) is 13.1 Å². The summed E-state index contributed by atoms with van der Waals surface area (Å²) in [4.78, 5) is 13.0. The summed E-state index contributed by atoms with van der Waals surface area (Å²) in [5.41, 5.74) is 0. The van der Waals surface area contributed by atoms with Gasteiger partial charge in [-0.2, -0.15) is 0 Å². The molecule has 14 heavy (non-hydrogen) atoms. The lowest BCUT2D eigenvalue weighted by atomic mass is 9.95. The third kappa shape index (κ3) is 2.95. The van der Waals surface area contributed by atoms with E-state index in [0.29, 0.717) is 5.92 Å². The van der Waals surface area contributed by atoms with Gasteiger partial charge in [-0.1, -0.05) is 13.0 Å². The first-order valence-corrected chi connectivity index (χ1v) is 5.49. The van der Waals surface area contributed by atoms with Crippen LogP contribution in [0, 0.1) is 11.8 Å². The summed E-state index contributed by atoms with van der Waals surface area (Å²) in [6, 6.07) is 0.0581. The molecule has 1 heterocycles. The molecule has 0 aliphatic carbocycles. The molecule has 1 saturated heterocycles. The standard InChI is InChI=1S/C12H21NO/c1-4-12-7-10(2)5-6-13(8-12)11(3)9-14/h4,9-12H,1,5-8H2,2-3H3/t10-,11-,12+/m1/s1. The van der Waals surface area contributed by atoms with E-state index in [-0.39, 0.29) is 6.04 Å². The second-order valence-electron chi connectivity index (χ2n) is 4.50. The minimum Gasteiger partial charge on any atom is -0.302 e. The molecular formula is C12H21NO. The molecule has 0 saturated carbocycles. The van der Waals surface area contributed by atoms with Gasteiger partial charge >= 0.3 is 0 Å². The van der Waals surface area contributed by atoms with Crippen LogP contribution in [-0.2, 0) is 4.79 Å². The molecule has 0 aromatic carbocycles. The first-order valence-electron chi connectivity index (χ1n) is 5.49. The van der Waals surface area contributed by atoms with E-state index in [4.69, 9.17) is 0 Å². The Morgan fingerprint density at radius 3 is 2.86 bits per heavy atom. The zero-order valence-corrected chi connectivity index (χ0v) is 9.28. The molecule has 2 heteroatoms. The lowest BCUT2D eigenvalue weighted by Crippen LogP contribution is -2.36. The first-order chi connectivity index (χ1) is 6.67. The van der Waals surface area contributed by atoms with Gasteiger partial charge in [-0.15, -0.1) is 6.58 Å². The van der Waals surface area contributed by atoms with E-state index >= 15 is 0 Å². The molecule has 2 nitrogen and oxygen atoms in total. The van der Waals surface area contributed by atoms with Crippen molar-refractivity contribution in [3.05, 3.63) is 12.7 Å². The predicted octanol–water partition coefficient (Wildman–Crippen LogP) is 2.11. The zero-order valence-electron chi connectivity index (χ0n) is 9.28. The Kier molecular flexibility index (Phi) is 4.33. The van der Waals surface area contributed by atoms with Gasteiger partial charge in [0.15, 0.2) is 0 Å². The fourth-order valence-electron chi connectivity index (χ4n) is 2.11. The van der Waals surface area contributed by atoms with Crippen LogP contribution >= 0.6 is 0 Å². The van der Waals surface area contributed by atoms with Gasteiger partial charge in [-0.25, -0.2) is 0 Å². The van der Waals surface area contributed by atoms with Crippen molar-refractivity contribution in [3.63, 3.8) is 0 Å². The van der Waals surface area contributed by atoms with E-state index in [2.05, 4.69) is 18.4 Å².